The molecule has 3 heteroatoms. The molecule has 0 saturated carbocycles. The van der Waals surface area contributed by atoms with Crippen LogP contribution >= 0.6 is 23.5 Å². The maximum absolute atomic E-state index is 10.2. The molecule has 0 N–H and O–H groups in total. The van der Waals surface area contributed by atoms with Crippen LogP contribution in [0.15, 0.2) is 140 Å². The summed E-state index contributed by atoms with van der Waals surface area (Å²) in [6, 6.07) is 52.9. The quantitative estimate of drug-likeness (QED) is 0.173. The minimum atomic E-state index is 0.725. The molecule has 0 unspecified atom stereocenters. The monoisotopic (exact) mass is 601 g/mol. The third-order valence-corrected chi connectivity index (χ3v) is 10.3. The van der Waals surface area contributed by atoms with Gasteiger partial charge < -0.3 is 0 Å². The van der Waals surface area contributed by atoms with Crippen LogP contribution in [0, 0.1) is 11.3 Å². The molecule has 0 atom stereocenters. The highest BCUT2D eigenvalue weighted by atomic mass is 32.2. The van der Waals surface area contributed by atoms with E-state index in [4.69, 9.17) is 0 Å². The number of hydrogen-bond acceptors (Lipinski definition) is 3. The van der Waals surface area contributed by atoms with Crippen LogP contribution in [0.1, 0.15) is 27.8 Å². The van der Waals surface area contributed by atoms with Crippen LogP contribution in [0.25, 0.3) is 44.5 Å². The summed E-state index contributed by atoms with van der Waals surface area (Å²) in [4.78, 5) is 0. The third kappa shape index (κ3) is 6.24. The van der Waals surface area contributed by atoms with E-state index in [0.29, 0.717) is 0 Å². The van der Waals surface area contributed by atoms with Gasteiger partial charge in [-0.2, -0.15) is 28.8 Å². The van der Waals surface area contributed by atoms with Crippen molar-refractivity contribution in [1.29, 1.82) is 5.26 Å². The van der Waals surface area contributed by atoms with Crippen LogP contribution < -0.4 is 0 Å². The lowest BCUT2D eigenvalue weighted by atomic mass is 9.92. The van der Waals surface area contributed by atoms with Gasteiger partial charge >= 0.3 is 0 Å². The van der Waals surface area contributed by atoms with Gasteiger partial charge in [0.2, 0.25) is 0 Å². The second-order valence-electron chi connectivity index (χ2n) is 11.2. The van der Waals surface area contributed by atoms with Gasteiger partial charge in [0.25, 0.3) is 0 Å². The summed E-state index contributed by atoms with van der Waals surface area (Å²) < 4.78 is 0. The highest BCUT2D eigenvalue weighted by molar-refractivity contribution is 7.97. The Hall–Kier alpha value is -4.49. The predicted octanol–water partition coefficient (Wildman–Crippen LogP) is 11.4. The minimum Gasteiger partial charge on any atom is -0.192 e. The van der Waals surface area contributed by atoms with Crippen molar-refractivity contribution in [1.82, 2.24) is 0 Å². The van der Waals surface area contributed by atoms with Gasteiger partial charge in [-0.3, -0.25) is 0 Å². The van der Waals surface area contributed by atoms with Gasteiger partial charge in [0.1, 0.15) is 6.07 Å². The second-order valence-corrected chi connectivity index (χ2v) is 13.2. The molecule has 44 heavy (non-hydrogen) atoms. The van der Waals surface area contributed by atoms with Crippen molar-refractivity contribution in [2.75, 3.05) is 0 Å². The average molecular weight is 602 g/mol. The van der Waals surface area contributed by atoms with Crippen molar-refractivity contribution in [3.63, 3.8) is 0 Å². The standard InChI is InChI=1S/C41H31NS2/c42-24-41-39-11-4-12-40(41)34-19-15-30(16-20-34)26-44-28-32-6-2-8-36(22-32)38-10-3-9-37(23-38)35-7-1-5-31(21-35)27-43-25-29-13-17-33(39)18-14-29/h1-23H,25-28H2. The molecule has 6 aromatic carbocycles. The van der Waals surface area contributed by atoms with Gasteiger partial charge in [0, 0.05) is 34.1 Å². The van der Waals surface area contributed by atoms with Crippen LogP contribution in [-0.4, -0.2) is 0 Å². The first-order chi connectivity index (χ1) is 21.7. The molecule has 0 aliphatic carbocycles. The highest BCUT2D eigenvalue weighted by Crippen LogP contribution is 2.34. The molecular weight excluding hydrogens is 571 g/mol. The van der Waals surface area contributed by atoms with E-state index in [0.717, 1.165) is 50.8 Å². The zero-order chi connectivity index (χ0) is 29.7. The molecule has 0 aromatic heterocycles. The van der Waals surface area contributed by atoms with Crippen molar-refractivity contribution < 1.29 is 0 Å². The molecule has 6 aromatic rings. The molecule has 3 aliphatic heterocycles. The van der Waals surface area contributed by atoms with E-state index in [1.54, 1.807) is 0 Å². The summed E-state index contributed by atoms with van der Waals surface area (Å²) in [7, 11) is 0. The fourth-order valence-electron chi connectivity index (χ4n) is 5.85. The van der Waals surface area contributed by atoms with Gasteiger partial charge in [-0.15, -0.1) is 0 Å². The number of benzene rings is 6. The van der Waals surface area contributed by atoms with Gasteiger partial charge in [0.05, 0.1) is 5.56 Å². The molecule has 0 amide bonds. The van der Waals surface area contributed by atoms with Crippen molar-refractivity contribution in [2.45, 2.75) is 23.0 Å². The summed E-state index contributed by atoms with van der Waals surface area (Å²) in [5.41, 5.74) is 15.1. The summed E-state index contributed by atoms with van der Waals surface area (Å²) >= 11 is 3.86. The van der Waals surface area contributed by atoms with Gasteiger partial charge in [-0.05, 0) is 61.7 Å². The van der Waals surface area contributed by atoms with E-state index in [1.165, 1.54) is 44.5 Å². The summed E-state index contributed by atoms with van der Waals surface area (Å²) in [5, 5.41) is 10.2. The Balaban J connectivity index is 1.24. The summed E-state index contributed by atoms with van der Waals surface area (Å²) in [6.07, 6.45) is 0. The molecule has 212 valence electrons. The fraction of sp³-hybridized carbons (Fsp3) is 0.0976. The average Bonchev–Trinajstić information content (AvgIpc) is 3.08. The number of fused-ring (bicyclic) bond motifs is 2. The van der Waals surface area contributed by atoms with Crippen LogP contribution in [0.2, 0.25) is 0 Å². The second kappa shape index (κ2) is 13.0. The summed E-state index contributed by atoms with van der Waals surface area (Å²) in [6.45, 7) is 0. The van der Waals surface area contributed by atoms with E-state index in [9.17, 15) is 5.26 Å². The van der Waals surface area contributed by atoms with Crippen LogP contribution in [0.4, 0.5) is 0 Å². The molecule has 1 nitrogen and oxygen atoms in total. The number of rotatable bonds is 0. The third-order valence-electron chi connectivity index (χ3n) is 8.16. The minimum absolute atomic E-state index is 0.725. The first-order valence-corrected chi connectivity index (χ1v) is 17.2. The Morgan fingerprint density at radius 1 is 0.386 bits per heavy atom. The number of nitriles is 1. The number of nitrogens with zero attached hydrogens (tertiary/aromatic N) is 1. The van der Waals surface area contributed by atoms with Crippen LogP contribution in [-0.2, 0) is 23.0 Å². The van der Waals surface area contributed by atoms with E-state index in [2.05, 4.69) is 146 Å². The lowest BCUT2D eigenvalue weighted by molar-refractivity contribution is 1.36. The van der Waals surface area contributed by atoms with Crippen molar-refractivity contribution in [3.8, 4) is 50.6 Å². The molecule has 0 spiro atoms. The van der Waals surface area contributed by atoms with Gasteiger partial charge in [0.15, 0.2) is 0 Å². The van der Waals surface area contributed by atoms with Crippen LogP contribution in [0.5, 0.6) is 0 Å². The topological polar surface area (TPSA) is 23.8 Å². The maximum atomic E-state index is 10.2. The largest absolute Gasteiger partial charge is 0.192 e. The first kappa shape index (κ1) is 28.3. The Morgan fingerprint density at radius 3 is 1.23 bits per heavy atom. The van der Waals surface area contributed by atoms with Crippen molar-refractivity contribution in [3.05, 3.63) is 167 Å². The SMILES string of the molecule is N#Cc1c2cccc1-c1ccc(cc1)CSCc1cccc(c1)-c1cccc(c1)-c1cccc(c1)CSCc1ccc-2cc1. The smallest absolute Gasteiger partial charge is 0.100 e. The molecule has 0 saturated heterocycles. The zero-order valence-corrected chi connectivity index (χ0v) is 26.0. The highest BCUT2D eigenvalue weighted by Gasteiger charge is 2.12. The van der Waals surface area contributed by atoms with E-state index >= 15 is 0 Å². The van der Waals surface area contributed by atoms with E-state index in [1.807, 2.05) is 23.5 Å². The van der Waals surface area contributed by atoms with Crippen molar-refractivity contribution in [2.24, 2.45) is 0 Å². The maximum Gasteiger partial charge on any atom is 0.100 e. The van der Waals surface area contributed by atoms with E-state index in [-0.39, 0.29) is 0 Å². The Bertz CT molecular complexity index is 1840. The lowest BCUT2D eigenvalue weighted by Gasteiger charge is -2.12. The van der Waals surface area contributed by atoms with Crippen molar-refractivity contribution >= 4 is 23.5 Å². The first-order valence-electron chi connectivity index (χ1n) is 14.9. The predicted molar refractivity (Wildman–Crippen MR) is 189 cm³/mol. The Kier molecular flexibility index (Phi) is 8.37. The molecule has 3 aliphatic rings. The Labute approximate surface area is 268 Å². The Morgan fingerprint density at radius 2 is 0.773 bits per heavy atom. The molecule has 3 heterocycles. The molecule has 0 fully saturated rings. The van der Waals surface area contributed by atoms with E-state index < -0.39 is 0 Å². The normalized spacial score (nSPS) is 12.9. The van der Waals surface area contributed by atoms with Crippen LogP contribution in [0.3, 0.4) is 0 Å². The molecule has 9 rings (SSSR count). The summed E-state index contributed by atoms with van der Waals surface area (Å²) in [5.74, 6) is 3.78. The number of hydrogen-bond donors (Lipinski definition) is 0. The molecular formula is C41H31NS2. The van der Waals surface area contributed by atoms with Gasteiger partial charge in [-0.25, -0.2) is 0 Å². The fourth-order valence-corrected chi connectivity index (χ4v) is 7.74. The zero-order valence-electron chi connectivity index (χ0n) is 24.4. The van der Waals surface area contributed by atoms with Gasteiger partial charge in [-0.1, -0.05) is 133 Å². The number of thioether (sulfide) groups is 2. The lowest BCUT2D eigenvalue weighted by Crippen LogP contribution is -1.91. The molecule has 0 radical (unpaired) electrons. The molecule has 12 bridgehead atoms.